The number of likely N-dealkylation sites (tertiary alicyclic amines) is 1. The number of alkyl halides is 1. The molecule has 1 aliphatic rings. The van der Waals surface area contributed by atoms with E-state index in [1.165, 1.54) is 0 Å². The van der Waals surface area contributed by atoms with E-state index in [1.54, 1.807) is 0 Å². The Labute approximate surface area is 53.9 Å². The average Bonchev–Trinajstić information content (AvgIpc) is 2.10. The number of nitriles is 1. The highest BCUT2D eigenvalue weighted by Gasteiger charge is 2.30. The topological polar surface area (TPSA) is 27.0 Å². The van der Waals surface area contributed by atoms with Gasteiger partial charge in [-0.3, -0.25) is 0 Å². The van der Waals surface area contributed by atoms with Crippen molar-refractivity contribution in [1.82, 2.24) is 4.90 Å². The van der Waals surface area contributed by atoms with Crippen LogP contribution in [-0.4, -0.2) is 31.2 Å². The van der Waals surface area contributed by atoms with Gasteiger partial charge in [0.2, 0.25) is 0 Å². The van der Waals surface area contributed by atoms with Gasteiger partial charge in [-0.2, -0.15) is 5.26 Å². The molecule has 0 aromatic carbocycles. The van der Waals surface area contributed by atoms with E-state index in [0.717, 1.165) is 0 Å². The molecule has 2 atom stereocenters. The first-order valence-electron chi connectivity index (χ1n) is 2.96. The summed E-state index contributed by atoms with van der Waals surface area (Å²) in [6.45, 7) is 0.996. The summed E-state index contributed by atoms with van der Waals surface area (Å²) >= 11 is 0. The normalized spacial score (nSPS) is 36.6. The first-order valence-corrected chi connectivity index (χ1v) is 2.96. The zero-order chi connectivity index (χ0) is 6.85. The van der Waals surface area contributed by atoms with E-state index in [0.29, 0.717) is 13.1 Å². The molecular formula is C6H9FN2. The maximum atomic E-state index is 12.6. The summed E-state index contributed by atoms with van der Waals surface area (Å²) in [5, 5.41) is 8.34. The van der Waals surface area contributed by atoms with Gasteiger partial charge in [0.05, 0.1) is 12.0 Å². The third-order valence-corrected chi connectivity index (χ3v) is 1.60. The second kappa shape index (κ2) is 2.32. The Morgan fingerprint density at radius 1 is 1.67 bits per heavy atom. The summed E-state index contributed by atoms with van der Waals surface area (Å²) in [6, 6.07) is 1.93. The van der Waals surface area contributed by atoms with E-state index in [-0.39, 0.29) is 0 Å². The van der Waals surface area contributed by atoms with Gasteiger partial charge in [-0.15, -0.1) is 0 Å². The molecule has 0 aliphatic carbocycles. The van der Waals surface area contributed by atoms with Crippen LogP contribution in [0.4, 0.5) is 4.39 Å². The highest BCUT2D eigenvalue weighted by molar-refractivity contribution is 4.95. The first kappa shape index (κ1) is 6.50. The fourth-order valence-electron chi connectivity index (χ4n) is 1.07. The Morgan fingerprint density at radius 2 is 2.33 bits per heavy atom. The molecule has 0 amide bonds. The van der Waals surface area contributed by atoms with Crippen molar-refractivity contribution in [3.63, 3.8) is 0 Å². The molecule has 0 aromatic heterocycles. The van der Waals surface area contributed by atoms with Crippen LogP contribution in [0.15, 0.2) is 0 Å². The third-order valence-electron chi connectivity index (χ3n) is 1.60. The monoisotopic (exact) mass is 128 g/mol. The molecule has 1 rings (SSSR count). The predicted octanol–water partition coefficient (Wildman–Crippen LogP) is 0.410. The Kier molecular flexibility index (Phi) is 1.68. The minimum absolute atomic E-state index is 0.394. The number of halogens is 1. The van der Waals surface area contributed by atoms with Gasteiger partial charge in [-0.25, -0.2) is 4.39 Å². The average molecular weight is 128 g/mol. The van der Waals surface area contributed by atoms with E-state index in [4.69, 9.17) is 5.26 Å². The lowest BCUT2D eigenvalue weighted by Crippen LogP contribution is -2.13. The van der Waals surface area contributed by atoms with Crippen molar-refractivity contribution in [2.45, 2.75) is 6.17 Å². The molecule has 0 radical (unpaired) electrons. The second-order valence-electron chi connectivity index (χ2n) is 2.47. The molecule has 50 valence electrons. The van der Waals surface area contributed by atoms with E-state index < -0.39 is 12.1 Å². The lowest BCUT2D eigenvalue weighted by Gasteiger charge is -2.01. The molecule has 0 aromatic rings. The number of hydrogen-bond acceptors (Lipinski definition) is 2. The zero-order valence-corrected chi connectivity index (χ0v) is 5.34. The van der Waals surface area contributed by atoms with Gasteiger partial charge in [0.15, 0.2) is 0 Å². The summed E-state index contributed by atoms with van der Waals surface area (Å²) in [5.74, 6) is -0.394. The molecule has 0 spiro atoms. The Morgan fingerprint density at radius 3 is 2.56 bits per heavy atom. The van der Waals surface area contributed by atoms with Gasteiger partial charge in [0, 0.05) is 13.1 Å². The maximum absolute atomic E-state index is 12.6. The van der Waals surface area contributed by atoms with Crippen LogP contribution in [0.2, 0.25) is 0 Å². The molecule has 0 saturated carbocycles. The molecule has 2 nitrogen and oxygen atoms in total. The second-order valence-corrected chi connectivity index (χ2v) is 2.47. The minimum Gasteiger partial charge on any atom is -0.302 e. The van der Waals surface area contributed by atoms with Crippen LogP contribution in [0.25, 0.3) is 0 Å². The van der Waals surface area contributed by atoms with Crippen LogP contribution in [-0.2, 0) is 0 Å². The lowest BCUT2D eigenvalue weighted by atomic mass is 10.1. The summed E-state index contributed by atoms with van der Waals surface area (Å²) in [5.41, 5.74) is 0. The van der Waals surface area contributed by atoms with Crippen LogP contribution >= 0.6 is 0 Å². The van der Waals surface area contributed by atoms with Crippen LogP contribution in [0.3, 0.4) is 0 Å². The fourth-order valence-corrected chi connectivity index (χ4v) is 1.07. The molecular weight excluding hydrogens is 119 g/mol. The van der Waals surface area contributed by atoms with Crippen LogP contribution < -0.4 is 0 Å². The van der Waals surface area contributed by atoms with E-state index >= 15 is 0 Å². The highest BCUT2D eigenvalue weighted by atomic mass is 19.1. The van der Waals surface area contributed by atoms with E-state index in [9.17, 15) is 4.39 Å². The number of hydrogen-bond donors (Lipinski definition) is 0. The van der Waals surface area contributed by atoms with Crippen molar-refractivity contribution in [1.29, 1.82) is 5.26 Å². The first-order chi connectivity index (χ1) is 4.24. The van der Waals surface area contributed by atoms with Crippen molar-refractivity contribution in [3.8, 4) is 6.07 Å². The van der Waals surface area contributed by atoms with Gasteiger partial charge in [0.1, 0.15) is 6.17 Å². The smallest absolute Gasteiger partial charge is 0.130 e. The summed E-state index contributed by atoms with van der Waals surface area (Å²) in [6.07, 6.45) is -0.931. The van der Waals surface area contributed by atoms with Crippen LogP contribution in [0.5, 0.6) is 0 Å². The summed E-state index contributed by atoms with van der Waals surface area (Å²) in [4.78, 5) is 1.83. The minimum atomic E-state index is -0.931. The molecule has 0 bridgehead atoms. The van der Waals surface area contributed by atoms with Crippen LogP contribution in [0.1, 0.15) is 0 Å². The largest absolute Gasteiger partial charge is 0.302 e. The SMILES string of the molecule is CN1C[C@@H](F)[C@@H](C#N)C1. The van der Waals surface area contributed by atoms with E-state index in [1.807, 2.05) is 18.0 Å². The number of rotatable bonds is 0. The third kappa shape index (κ3) is 1.19. The van der Waals surface area contributed by atoms with Crippen molar-refractivity contribution < 1.29 is 4.39 Å². The summed E-state index contributed by atoms with van der Waals surface area (Å²) in [7, 11) is 1.82. The molecule has 0 N–H and O–H groups in total. The molecule has 0 unspecified atom stereocenters. The van der Waals surface area contributed by atoms with Gasteiger partial charge in [-0.1, -0.05) is 0 Å². The van der Waals surface area contributed by atoms with Crippen molar-refractivity contribution in [3.05, 3.63) is 0 Å². The molecule has 3 heteroatoms. The van der Waals surface area contributed by atoms with Gasteiger partial charge in [-0.05, 0) is 7.05 Å². The van der Waals surface area contributed by atoms with Gasteiger partial charge < -0.3 is 4.90 Å². The molecule has 1 heterocycles. The van der Waals surface area contributed by atoms with Crippen molar-refractivity contribution >= 4 is 0 Å². The lowest BCUT2D eigenvalue weighted by molar-refractivity contribution is 0.304. The highest BCUT2D eigenvalue weighted by Crippen LogP contribution is 2.16. The Bertz CT molecular complexity index is 140. The molecule has 1 saturated heterocycles. The van der Waals surface area contributed by atoms with Crippen molar-refractivity contribution in [2.24, 2.45) is 5.92 Å². The zero-order valence-electron chi connectivity index (χ0n) is 5.34. The molecule has 1 fully saturated rings. The quantitative estimate of drug-likeness (QED) is 0.472. The maximum Gasteiger partial charge on any atom is 0.130 e. The molecule has 9 heavy (non-hydrogen) atoms. The Hall–Kier alpha value is -0.620. The van der Waals surface area contributed by atoms with Crippen LogP contribution in [0, 0.1) is 17.2 Å². The van der Waals surface area contributed by atoms with Crippen molar-refractivity contribution in [2.75, 3.05) is 20.1 Å². The van der Waals surface area contributed by atoms with E-state index in [2.05, 4.69) is 0 Å². The molecule has 1 aliphatic heterocycles. The number of nitrogens with zero attached hydrogens (tertiary/aromatic N) is 2. The van der Waals surface area contributed by atoms with Gasteiger partial charge >= 0.3 is 0 Å². The fraction of sp³-hybridized carbons (Fsp3) is 0.833. The Balaban J connectivity index is 2.50. The standard InChI is InChI=1S/C6H9FN2/c1-9-3-5(2-8)6(7)4-9/h5-6H,3-4H2,1H3/t5-,6+/m0/s1. The summed E-state index contributed by atoms with van der Waals surface area (Å²) < 4.78 is 12.6. The predicted molar refractivity (Wildman–Crippen MR) is 31.5 cm³/mol. The van der Waals surface area contributed by atoms with Gasteiger partial charge in [0.25, 0.3) is 0 Å².